The number of aliphatic hydroxyl groups excluding tert-OH is 2. The topological polar surface area (TPSA) is 495 Å². The van der Waals surface area contributed by atoms with Gasteiger partial charge in [0.15, 0.2) is 12.2 Å². The van der Waals surface area contributed by atoms with Gasteiger partial charge in [0.05, 0.1) is 25.3 Å². The van der Waals surface area contributed by atoms with E-state index in [4.69, 9.17) is 29.8 Å². The first-order valence-electron chi connectivity index (χ1n) is 37.9. The molecule has 0 aromatic rings. The second-order valence-electron chi connectivity index (χ2n) is 29.2. The van der Waals surface area contributed by atoms with Crippen molar-refractivity contribution in [3.05, 3.63) is 0 Å². The summed E-state index contributed by atoms with van der Waals surface area (Å²) in [4.78, 5) is 181. The fraction of sp³-hybridized carbons (Fsp3) is 0.806. The Morgan fingerprint density at radius 3 is 1.58 bits per heavy atom. The maximum Gasteiger partial charge on any atom is 0.408 e. The summed E-state index contributed by atoms with van der Waals surface area (Å²) >= 11 is 0. The van der Waals surface area contributed by atoms with Gasteiger partial charge in [-0.3, -0.25) is 57.5 Å². The molecule has 4 unspecified atom stereocenters. The van der Waals surface area contributed by atoms with Crippen LogP contribution in [0.5, 0.6) is 0 Å². The van der Waals surface area contributed by atoms with Gasteiger partial charge in [0.1, 0.15) is 60.5 Å². The van der Waals surface area contributed by atoms with Crippen molar-refractivity contribution in [1.82, 2.24) is 58.5 Å². The van der Waals surface area contributed by atoms with Gasteiger partial charge in [0, 0.05) is 19.4 Å². The zero-order valence-electron chi connectivity index (χ0n) is 63.7. The molecule has 0 spiro atoms. The minimum absolute atomic E-state index is 0.0326. The third-order valence-electron chi connectivity index (χ3n) is 17.6. The van der Waals surface area contributed by atoms with Gasteiger partial charge in [0.2, 0.25) is 41.4 Å². The number of unbranched alkanes of at least 4 members (excludes halogenated alkanes) is 1. The molecule has 0 aromatic heterocycles. The largest absolute Gasteiger partial charge is 0.481 e. The van der Waals surface area contributed by atoms with Gasteiger partial charge in [-0.25, -0.2) is 9.59 Å². The average Bonchev–Trinajstić information content (AvgIpc) is 0.837. The van der Waals surface area contributed by atoms with Crippen molar-refractivity contribution in [2.75, 3.05) is 39.4 Å². The predicted octanol–water partition coefficient (Wildman–Crippen LogP) is 3.14. The van der Waals surface area contributed by atoms with Crippen LogP contribution in [0.15, 0.2) is 0 Å². The van der Waals surface area contributed by atoms with Crippen LogP contribution >= 0.6 is 0 Å². The lowest BCUT2D eigenvalue weighted by Gasteiger charge is -2.33. The lowest BCUT2D eigenvalue weighted by molar-refractivity contribution is -0.145. The maximum absolute atomic E-state index is 14.1. The first-order valence-corrected chi connectivity index (χ1v) is 37.9. The number of hydrogen-bond acceptors (Lipinski definition) is 21. The van der Waals surface area contributed by atoms with Crippen LogP contribution in [0, 0.1) is 11.8 Å². The molecular weight excluding hydrogens is 1370 g/mol. The highest BCUT2D eigenvalue weighted by Crippen LogP contribution is 2.29. The number of alkyl carbamates (subject to hydrolysis) is 2. The number of aliphatic carboxylic acids is 1. The van der Waals surface area contributed by atoms with E-state index in [1.807, 2.05) is 20.8 Å². The van der Waals surface area contributed by atoms with Crippen molar-refractivity contribution in [3.8, 4) is 0 Å². The lowest BCUT2D eigenvalue weighted by atomic mass is 9.83. The number of hydrogen-bond donors (Lipinski definition) is 15. The normalized spacial score (nSPS) is 19.4. The Bertz CT molecular complexity index is 2750. The van der Waals surface area contributed by atoms with Crippen LogP contribution in [0.4, 0.5) is 9.59 Å². The summed E-state index contributed by atoms with van der Waals surface area (Å²) in [6.45, 7) is 17.5. The lowest BCUT2D eigenvalue weighted by Crippen LogP contribution is -2.60. The molecule has 0 radical (unpaired) electrons. The molecule has 3 aliphatic rings. The highest BCUT2D eigenvalue weighted by molar-refractivity contribution is 5.96. The summed E-state index contributed by atoms with van der Waals surface area (Å²) in [6, 6.07) is -8.72. The number of esters is 2. The van der Waals surface area contributed by atoms with E-state index in [0.717, 1.165) is 38.5 Å². The highest BCUT2D eigenvalue weighted by Gasteiger charge is 2.40. The maximum atomic E-state index is 14.1. The molecule has 1 heterocycles. The van der Waals surface area contributed by atoms with E-state index < -0.39 is 162 Å². The quantitative estimate of drug-likeness (QED) is 0.0243. The zero-order chi connectivity index (χ0) is 78.7. The Hall–Kier alpha value is -7.94. The molecule has 2 saturated carbocycles. The minimum Gasteiger partial charge on any atom is -0.481 e. The molecule has 1 saturated heterocycles. The average molecular weight is 1500 g/mol. The Morgan fingerprint density at radius 1 is 0.533 bits per heavy atom. The number of carbonyl (C=O) groups excluding carboxylic acids is 13. The van der Waals surface area contributed by atoms with Gasteiger partial charge in [-0.1, -0.05) is 79.1 Å². The fourth-order valence-electron chi connectivity index (χ4n) is 12.2. The number of nitrogens with two attached hydrogens (primary N) is 1. The molecule has 10 atom stereocenters. The summed E-state index contributed by atoms with van der Waals surface area (Å²) in [5.41, 5.74) is 4.00. The van der Waals surface area contributed by atoms with Crippen molar-refractivity contribution < 1.29 is 101 Å². The SMILES string of the molecule is CCCOC(=O)CNC(=O)C(O)C(CCC)NC(=O)[C@@H]1CCCCNC(=O)CCC[C@H](NC(=O)OC(C)(C)C)C(=O)N[C@@H](C2CCCCC2)C(=O)N1.CCCOC(=O)CNC(=O)C(O)C(CCC)NC(=O)[C@H](CCCCN)NC(=O)[C@@H](NC(=O)[C@H](CCCC(=O)O)NC(=O)OC(C)(C)C)C1CCCCC1. The van der Waals surface area contributed by atoms with Gasteiger partial charge in [-0.15, -0.1) is 0 Å². The number of ether oxygens (including phenoxy) is 4. The van der Waals surface area contributed by atoms with E-state index in [1.54, 1.807) is 48.5 Å². The van der Waals surface area contributed by atoms with Crippen molar-refractivity contribution in [1.29, 1.82) is 0 Å². The summed E-state index contributed by atoms with van der Waals surface area (Å²) in [6.07, 6.45) is 8.06. The van der Waals surface area contributed by atoms with E-state index in [9.17, 15) is 77.3 Å². The number of rotatable bonds is 36. The molecule has 3 fully saturated rings. The predicted molar refractivity (Wildman–Crippen MR) is 387 cm³/mol. The van der Waals surface area contributed by atoms with Crippen LogP contribution in [-0.4, -0.2) is 210 Å². The van der Waals surface area contributed by atoms with Gasteiger partial charge in [-0.05, 0) is 175 Å². The van der Waals surface area contributed by atoms with Gasteiger partial charge in [0.25, 0.3) is 11.8 Å². The summed E-state index contributed by atoms with van der Waals surface area (Å²) in [5.74, 6) is -8.66. The molecule has 11 amide bonds. The van der Waals surface area contributed by atoms with Crippen molar-refractivity contribution in [2.45, 2.75) is 321 Å². The van der Waals surface area contributed by atoms with E-state index in [2.05, 4.69) is 58.5 Å². The smallest absolute Gasteiger partial charge is 0.408 e. The standard InChI is InChI=1S/C36H64N6O11.C36H62N6O10/c1-6-14-24(30(46)34(50)38-22-28(45)52-21-7-2)39-31(47)25(17-11-12-20-37)40-33(49)29(23-15-9-8-10-16-23)42-32(48)26(18-13-19-27(43)44)41-35(51)53-36(3,4)5;1-6-14-24(30(45)34(49)38-22-28(44)51-21-7-2)39-31(46)25-17-11-12-20-37-27(43)19-13-18-26(41-35(50)52-36(3,4)5)32(47)42-29(33(48)40-25)23-15-9-8-10-16-23/h23-26,29-30,46H,6-22,37H2,1-5H3,(H,38,50)(H,39,47)(H,40,49)(H,41,51)(H,42,48)(H,43,44);23-26,29-30,45H,6-22H2,1-5H3,(H,37,43)(H,38,49)(H,39,46)(H,40,48)(H,41,50)(H,42,47)/t2*24?,25-,26-,29-,30?/m00/s1. The van der Waals surface area contributed by atoms with E-state index in [1.165, 1.54) is 0 Å². The molecule has 600 valence electrons. The Kier molecular flexibility index (Phi) is 44.8. The highest BCUT2D eigenvalue weighted by atomic mass is 16.6. The van der Waals surface area contributed by atoms with Crippen LogP contribution in [0.25, 0.3) is 0 Å². The Morgan fingerprint density at radius 2 is 1.05 bits per heavy atom. The molecule has 33 heteroatoms. The number of carbonyl (C=O) groups is 14. The summed E-state index contributed by atoms with van der Waals surface area (Å²) < 4.78 is 20.6. The summed E-state index contributed by atoms with van der Waals surface area (Å²) in [7, 11) is 0. The molecule has 3 rings (SSSR count). The number of carboxylic acid groups (broad SMARTS) is 1. The number of amides is 11. The molecule has 2 aliphatic carbocycles. The number of nitrogens with one attached hydrogen (secondary N) is 11. The molecule has 0 bridgehead atoms. The van der Waals surface area contributed by atoms with E-state index in [0.29, 0.717) is 96.6 Å². The first-order chi connectivity index (χ1) is 49.7. The third kappa shape index (κ3) is 39.3. The Labute approximate surface area is 618 Å². The van der Waals surface area contributed by atoms with Crippen molar-refractivity contribution in [3.63, 3.8) is 0 Å². The monoisotopic (exact) mass is 1490 g/mol. The second-order valence-corrected chi connectivity index (χ2v) is 29.2. The van der Waals surface area contributed by atoms with Crippen LogP contribution in [0.2, 0.25) is 0 Å². The number of aliphatic hydroxyl groups is 2. The molecular formula is C72H126N12O21. The molecule has 0 aromatic carbocycles. The van der Waals surface area contributed by atoms with Crippen LogP contribution in [0.1, 0.15) is 249 Å². The van der Waals surface area contributed by atoms with Crippen molar-refractivity contribution in [2.24, 2.45) is 17.6 Å². The number of carboxylic acids is 1. The fourth-order valence-corrected chi connectivity index (χ4v) is 12.2. The van der Waals surface area contributed by atoms with Crippen LogP contribution in [-0.2, 0) is 76.5 Å². The molecule has 1 aliphatic heterocycles. The molecule has 33 nitrogen and oxygen atoms in total. The van der Waals surface area contributed by atoms with Crippen LogP contribution < -0.4 is 64.2 Å². The van der Waals surface area contributed by atoms with Crippen LogP contribution in [0.3, 0.4) is 0 Å². The van der Waals surface area contributed by atoms with Gasteiger partial charge >= 0.3 is 30.1 Å². The molecule has 16 N–H and O–H groups in total. The van der Waals surface area contributed by atoms with Crippen molar-refractivity contribution >= 4 is 83.3 Å². The summed E-state index contributed by atoms with van der Waals surface area (Å²) in [5, 5.41) is 60.1. The first kappa shape index (κ1) is 93.1. The second kappa shape index (κ2) is 50.5. The third-order valence-corrected chi connectivity index (χ3v) is 17.6. The zero-order valence-corrected chi connectivity index (χ0v) is 63.7. The van der Waals surface area contributed by atoms with Gasteiger partial charge in [-0.2, -0.15) is 0 Å². The minimum atomic E-state index is -1.71. The van der Waals surface area contributed by atoms with E-state index in [-0.39, 0.29) is 88.7 Å². The van der Waals surface area contributed by atoms with Gasteiger partial charge < -0.3 is 98.5 Å². The van der Waals surface area contributed by atoms with E-state index >= 15 is 0 Å². The molecule has 105 heavy (non-hydrogen) atoms. The Balaban J connectivity index is 0.000000713.